The molecule has 142 valence electrons. The average Bonchev–Trinajstić information content (AvgIpc) is 2.56. The normalized spacial score (nSPS) is 20.2. The van der Waals surface area contributed by atoms with Gasteiger partial charge in [-0.05, 0) is 56.0 Å². The van der Waals surface area contributed by atoms with Gasteiger partial charge in [-0.1, -0.05) is 6.92 Å². The molecule has 2 aliphatic heterocycles. The highest BCUT2D eigenvalue weighted by molar-refractivity contribution is 5.91. The topological polar surface area (TPSA) is 53.6 Å². The van der Waals surface area contributed by atoms with Gasteiger partial charge in [0.1, 0.15) is 12.4 Å². The number of amides is 1. The van der Waals surface area contributed by atoms with Crippen molar-refractivity contribution < 1.29 is 9.53 Å². The third-order valence-electron chi connectivity index (χ3n) is 4.99. The first-order valence-corrected chi connectivity index (χ1v) is 8.62. The summed E-state index contributed by atoms with van der Waals surface area (Å²) in [5.74, 6) is 2.00. The molecule has 1 fully saturated rings. The second kappa shape index (κ2) is 10.1. The summed E-state index contributed by atoms with van der Waals surface area (Å²) >= 11 is 0. The zero-order chi connectivity index (χ0) is 16.2. The Morgan fingerprint density at radius 1 is 1.44 bits per heavy atom. The van der Waals surface area contributed by atoms with Crippen LogP contribution in [0.3, 0.4) is 0 Å². The van der Waals surface area contributed by atoms with E-state index in [2.05, 4.69) is 22.5 Å². The lowest BCUT2D eigenvalue weighted by molar-refractivity contribution is -0.117. The maximum absolute atomic E-state index is 12.3. The molecule has 0 spiro atoms. The zero-order valence-corrected chi connectivity index (χ0v) is 16.5. The molecule has 2 atom stereocenters. The SMILES string of the molecule is CC(CC(=O)Nc1ccc2c(c1)N(C)CCO2)C1CCCNC1.Cl.Cl. The summed E-state index contributed by atoms with van der Waals surface area (Å²) in [6.45, 7) is 5.92. The van der Waals surface area contributed by atoms with Crippen LogP contribution in [0.15, 0.2) is 18.2 Å². The van der Waals surface area contributed by atoms with Gasteiger partial charge < -0.3 is 20.3 Å². The summed E-state index contributed by atoms with van der Waals surface area (Å²) < 4.78 is 5.64. The van der Waals surface area contributed by atoms with Crippen molar-refractivity contribution in [3.05, 3.63) is 18.2 Å². The van der Waals surface area contributed by atoms with Crippen LogP contribution in [0.2, 0.25) is 0 Å². The van der Waals surface area contributed by atoms with E-state index in [-0.39, 0.29) is 30.7 Å². The number of piperidine rings is 1. The van der Waals surface area contributed by atoms with Crippen LogP contribution < -0.4 is 20.3 Å². The molecule has 0 saturated carbocycles. The fraction of sp³-hybridized carbons (Fsp3) is 0.611. The number of rotatable bonds is 4. The molecule has 1 saturated heterocycles. The molecule has 2 aliphatic rings. The molecule has 1 amide bonds. The van der Waals surface area contributed by atoms with Gasteiger partial charge in [0.2, 0.25) is 5.91 Å². The second-order valence-electron chi connectivity index (χ2n) is 6.79. The van der Waals surface area contributed by atoms with Crippen molar-refractivity contribution in [2.75, 3.05) is 43.5 Å². The Morgan fingerprint density at radius 3 is 2.96 bits per heavy atom. The molecule has 0 aliphatic carbocycles. The van der Waals surface area contributed by atoms with Crippen LogP contribution in [-0.4, -0.2) is 39.2 Å². The lowest BCUT2D eigenvalue weighted by Gasteiger charge is -2.29. The van der Waals surface area contributed by atoms with Crippen LogP contribution in [-0.2, 0) is 4.79 Å². The van der Waals surface area contributed by atoms with E-state index in [0.29, 0.717) is 24.9 Å². The fourth-order valence-corrected chi connectivity index (χ4v) is 3.46. The lowest BCUT2D eigenvalue weighted by Crippen LogP contribution is -2.34. The van der Waals surface area contributed by atoms with Crippen molar-refractivity contribution in [2.24, 2.45) is 11.8 Å². The molecule has 25 heavy (non-hydrogen) atoms. The second-order valence-corrected chi connectivity index (χ2v) is 6.79. The van der Waals surface area contributed by atoms with Gasteiger partial charge in [0.05, 0.1) is 12.2 Å². The number of halogens is 2. The zero-order valence-electron chi connectivity index (χ0n) is 14.9. The lowest BCUT2D eigenvalue weighted by atomic mass is 9.85. The number of benzene rings is 1. The minimum absolute atomic E-state index is 0. The number of likely N-dealkylation sites (N-methyl/N-ethyl adjacent to an activating group) is 1. The van der Waals surface area contributed by atoms with E-state index < -0.39 is 0 Å². The Morgan fingerprint density at radius 2 is 2.24 bits per heavy atom. The van der Waals surface area contributed by atoms with E-state index >= 15 is 0 Å². The standard InChI is InChI=1S/C18H27N3O2.2ClH/c1-13(14-4-3-7-19-12-14)10-18(22)20-15-5-6-17-16(11-15)21(2)8-9-23-17;;/h5-6,11,13-14,19H,3-4,7-10,12H2,1-2H3,(H,20,22);2*1H. The minimum atomic E-state index is 0. The molecule has 5 nitrogen and oxygen atoms in total. The van der Waals surface area contributed by atoms with E-state index in [1.165, 1.54) is 12.8 Å². The van der Waals surface area contributed by atoms with E-state index in [1.54, 1.807) is 0 Å². The van der Waals surface area contributed by atoms with Gasteiger partial charge in [0.25, 0.3) is 0 Å². The summed E-state index contributed by atoms with van der Waals surface area (Å²) in [5.41, 5.74) is 1.89. The van der Waals surface area contributed by atoms with Gasteiger partial charge in [0.15, 0.2) is 0 Å². The van der Waals surface area contributed by atoms with Crippen LogP contribution in [0.5, 0.6) is 5.75 Å². The smallest absolute Gasteiger partial charge is 0.224 e. The van der Waals surface area contributed by atoms with E-state index in [9.17, 15) is 4.79 Å². The van der Waals surface area contributed by atoms with E-state index in [0.717, 1.165) is 36.8 Å². The maximum Gasteiger partial charge on any atom is 0.224 e. The Hall–Kier alpha value is -1.17. The predicted octanol–water partition coefficient (Wildman–Crippen LogP) is 3.32. The molecule has 2 unspecified atom stereocenters. The number of anilines is 2. The van der Waals surface area contributed by atoms with Crippen LogP contribution in [0, 0.1) is 11.8 Å². The van der Waals surface area contributed by atoms with Gasteiger partial charge >= 0.3 is 0 Å². The van der Waals surface area contributed by atoms with Crippen molar-refractivity contribution in [3.63, 3.8) is 0 Å². The number of nitrogens with zero attached hydrogens (tertiary/aromatic N) is 1. The minimum Gasteiger partial charge on any atom is -0.490 e. The number of carbonyl (C=O) groups excluding carboxylic acids is 1. The Kier molecular flexibility index (Phi) is 8.83. The summed E-state index contributed by atoms with van der Waals surface area (Å²) in [6.07, 6.45) is 3.02. The molecule has 3 rings (SSSR count). The molecule has 0 bridgehead atoms. The highest BCUT2D eigenvalue weighted by Crippen LogP contribution is 2.33. The Labute approximate surface area is 162 Å². The first-order valence-electron chi connectivity index (χ1n) is 8.62. The molecule has 2 N–H and O–H groups in total. The van der Waals surface area contributed by atoms with Crippen molar-refractivity contribution in [1.82, 2.24) is 5.32 Å². The average molecular weight is 390 g/mol. The highest BCUT2D eigenvalue weighted by atomic mass is 35.5. The number of nitrogens with one attached hydrogen (secondary N) is 2. The fourth-order valence-electron chi connectivity index (χ4n) is 3.46. The molecule has 1 aromatic carbocycles. The first kappa shape index (κ1) is 21.9. The van der Waals surface area contributed by atoms with Gasteiger partial charge in [-0.3, -0.25) is 4.79 Å². The number of hydrogen-bond donors (Lipinski definition) is 2. The summed E-state index contributed by atoms with van der Waals surface area (Å²) in [4.78, 5) is 14.5. The number of carbonyl (C=O) groups is 1. The molecule has 1 aromatic rings. The number of ether oxygens (including phenoxy) is 1. The van der Waals surface area contributed by atoms with Gasteiger partial charge in [-0.25, -0.2) is 0 Å². The monoisotopic (exact) mass is 389 g/mol. The van der Waals surface area contributed by atoms with Crippen LogP contribution in [0.4, 0.5) is 11.4 Å². The number of hydrogen-bond acceptors (Lipinski definition) is 4. The quantitative estimate of drug-likeness (QED) is 0.828. The van der Waals surface area contributed by atoms with Crippen molar-refractivity contribution in [1.29, 1.82) is 0 Å². The van der Waals surface area contributed by atoms with Crippen LogP contribution in [0.25, 0.3) is 0 Å². The van der Waals surface area contributed by atoms with Crippen molar-refractivity contribution in [3.8, 4) is 5.75 Å². The third kappa shape index (κ3) is 5.66. The van der Waals surface area contributed by atoms with Gasteiger partial charge in [0, 0.05) is 19.2 Å². The summed E-state index contributed by atoms with van der Waals surface area (Å²) in [6, 6.07) is 5.86. The Bertz CT molecular complexity index is 565. The maximum atomic E-state index is 12.3. The van der Waals surface area contributed by atoms with E-state index in [4.69, 9.17) is 4.74 Å². The third-order valence-corrected chi connectivity index (χ3v) is 4.99. The molecule has 7 heteroatoms. The van der Waals surface area contributed by atoms with Gasteiger partial charge in [-0.15, -0.1) is 24.8 Å². The highest BCUT2D eigenvalue weighted by Gasteiger charge is 2.22. The Balaban J connectivity index is 0.00000156. The predicted molar refractivity (Wildman–Crippen MR) is 108 cm³/mol. The van der Waals surface area contributed by atoms with Gasteiger partial charge in [-0.2, -0.15) is 0 Å². The molecule has 0 aromatic heterocycles. The van der Waals surface area contributed by atoms with Crippen molar-refractivity contribution in [2.45, 2.75) is 26.2 Å². The molecule has 2 heterocycles. The van der Waals surface area contributed by atoms with E-state index in [1.807, 2.05) is 25.2 Å². The largest absolute Gasteiger partial charge is 0.490 e. The molecule has 0 radical (unpaired) electrons. The summed E-state index contributed by atoms with van der Waals surface area (Å²) in [7, 11) is 2.05. The number of fused-ring (bicyclic) bond motifs is 1. The van der Waals surface area contributed by atoms with Crippen molar-refractivity contribution >= 4 is 42.1 Å². The summed E-state index contributed by atoms with van der Waals surface area (Å²) in [5, 5.41) is 6.47. The molecular formula is C18H29Cl2N3O2. The molecular weight excluding hydrogens is 361 g/mol. The van der Waals surface area contributed by atoms with Crippen LogP contribution >= 0.6 is 24.8 Å². The van der Waals surface area contributed by atoms with Crippen LogP contribution in [0.1, 0.15) is 26.2 Å². The first-order chi connectivity index (χ1) is 11.1.